The molecule has 198 valence electrons. The highest BCUT2D eigenvalue weighted by Crippen LogP contribution is 2.39. The van der Waals surface area contributed by atoms with Crippen molar-refractivity contribution in [1.29, 1.82) is 0 Å². The monoisotopic (exact) mass is 521 g/mol. The molecular formula is C23H26F3N7O4. The molecule has 3 aromatic heterocycles. The van der Waals surface area contributed by atoms with E-state index in [-0.39, 0.29) is 46.5 Å². The van der Waals surface area contributed by atoms with Gasteiger partial charge < -0.3 is 25.8 Å². The number of hydrogen-bond acceptors (Lipinski definition) is 7. The third-order valence-corrected chi connectivity index (χ3v) is 6.35. The van der Waals surface area contributed by atoms with Gasteiger partial charge in [-0.1, -0.05) is 20.8 Å². The summed E-state index contributed by atoms with van der Waals surface area (Å²) in [4.78, 5) is 34.1. The molecule has 1 saturated heterocycles. The van der Waals surface area contributed by atoms with Crippen LogP contribution in [0.3, 0.4) is 0 Å². The summed E-state index contributed by atoms with van der Waals surface area (Å²) in [5.74, 6) is -1.01. The van der Waals surface area contributed by atoms with Gasteiger partial charge in [0.1, 0.15) is 17.4 Å². The molecular weight excluding hydrogens is 495 g/mol. The van der Waals surface area contributed by atoms with Crippen molar-refractivity contribution in [1.82, 2.24) is 29.8 Å². The number of carboxylic acid groups (broad SMARTS) is 1. The Morgan fingerprint density at radius 1 is 1.22 bits per heavy atom. The number of hydrogen-bond donors (Lipinski definition) is 3. The van der Waals surface area contributed by atoms with Crippen LogP contribution in [-0.2, 0) is 6.18 Å². The number of alkyl halides is 3. The van der Waals surface area contributed by atoms with Crippen LogP contribution in [0.15, 0.2) is 24.7 Å². The Kier molecular flexibility index (Phi) is 6.38. The van der Waals surface area contributed by atoms with Crippen LogP contribution in [-0.4, -0.2) is 67.3 Å². The number of likely N-dealkylation sites (tertiary alicyclic amines) is 1. The lowest BCUT2D eigenvalue weighted by Crippen LogP contribution is -2.42. The number of nitrogens with two attached hydrogens (primary N) is 1. The van der Waals surface area contributed by atoms with Gasteiger partial charge in [0.15, 0.2) is 5.82 Å². The maximum absolute atomic E-state index is 13.7. The number of pyridine rings is 1. The number of nitrogen functional groups attached to an aromatic ring is 1. The Bertz CT molecular complexity index is 1370. The molecule has 14 heteroatoms. The number of rotatable bonds is 4. The van der Waals surface area contributed by atoms with Crippen molar-refractivity contribution in [3.05, 3.63) is 35.8 Å². The molecule has 4 rings (SSSR count). The molecule has 0 aliphatic carbocycles. The van der Waals surface area contributed by atoms with Gasteiger partial charge in [-0.2, -0.15) is 18.3 Å². The third kappa shape index (κ3) is 4.82. The second-order valence-corrected chi connectivity index (χ2v) is 9.85. The molecule has 0 spiro atoms. The second-order valence-electron chi connectivity index (χ2n) is 9.85. The molecule has 2 unspecified atom stereocenters. The van der Waals surface area contributed by atoms with Gasteiger partial charge in [-0.05, 0) is 24.0 Å². The van der Waals surface area contributed by atoms with E-state index in [1.54, 1.807) is 0 Å². The smallest absolute Gasteiger partial charge is 0.418 e. The molecule has 3 aromatic rings. The fourth-order valence-corrected chi connectivity index (χ4v) is 4.64. The number of anilines is 1. The molecule has 1 fully saturated rings. The van der Waals surface area contributed by atoms with Crippen molar-refractivity contribution in [3.8, 4) is 17.1 Å². The largest absolute Gasteiger partial charge is 0.480 e. The number of nitrogens with one attached hydrogen (secondary N) is 1. The van der Waals surface area contributed by atoms with E-state index in [1.165, 1.54) is 24.3 Å². The number of aromatic nitrogens is 4. The molecule has 2 atom stereocenters. The molecule has 4 N–H and O–H groups in total. The topological polar surface area (TPSA) is 148 Å². The third-order valence-electron chi connectivity index (χ3n) is 6.35. The highest BCUT2D eigenvalue weighted by molar-refractivity contribution is 5.98. The molecule has 0 aromatic carbocycles. The average Bonchev–Trinajstić information content (AvgIpc) is 3.41. The molecule has 1 aliphatic heterocycles. The number of fused-ring (bicyclic) bond motifs is 1. The normalized spacial score (nSPS) is 18.3. The van der Waals surface area contributed by atoms with Crippen LogP contribution in [0.1, 0.15) is 43.1 Å². The number of ether oxygens (including phenoxy) is 1. The number of carbonyl (C=O) groups excluding carboxylic acids is 1. The number of nitrogens with zero attached hydrogens (tertiary/aromatic N) is 5. The van der Waals surface area contributed by atoms with Crippen LogP contribution in [0.5, 0.6) is 5.88 Å². The van der Waals surface area contributed by atoms with Crippen LogP contribution >= 0.6 is 0 Å². The summed E-state index contributed by atoms with van der Waals surface area (Å²) in [7, 11) is 1.30. The van der Waals surface area contributed by atoms with Crippen LogP contribution in [0.2, 0.25) is 0 Å². The number of methoxy groups -OCH3 is 1. The van der Waals surface area contributed by atoms with Crippen molar-refractivity contribution in [2.45, 2.75) is 45.5 Å². The van der Waals surface area contributed by atoms with Crippen molar-refractivity contribution < 1.29 is 32.6 Å². The zero-order chi connectivity index (χ0) is 27.3. The molecule has 4 heterocycles. The summed E-state index contributed by atoms with van der Waals surface area (Å²) in [6, 6.07) is 1.40. The Balaban J connectivity index is 1.71. The Hall–Kier alpha value is -4.10. The van der Waals surface area contributed by atoms with Crippen LogP contribution < -0.4 is 15.8 Å². The molecule has 2 amide bonds. The fraction of sp³-hybridized carbons (Fsp3) is 0.435. The van der Waals surface area contributed by atoms with E-state index >= 15 is 0 Å². The lowest BCUT2D eigenvalue weighted by Gasteiger charge is -2.32. The summed E-state index contributed by atoms with van der Waals surface area (Å²) >= 11 is 0. The summed E-state index contributed by atoms with van der Waals surface area (Å²) in [6.07, 6.45) is -3.14. The van der Waals surface area contributed by atoms with Gasteiger partial charge in [0.25, 0.3) is 5.91 Å². The van der Waals surface area contributed by atoms with E-state index in [2.05, 4.69) is 20.4 Å². The van der Waals surface area contributed by atoms with E-state index in [0.29, 0.717) is 6.42 Å². The van der Waals surface area contributed by atoms with Gasteiger partial charge in [0, 0.05) is 30.4 Å². The summed E-state index contributed by atoms with van der Waals surface area (Å²) in [5.41, 5.74) is 4.02. The molecule has 0 bridgehead atoms. The van der Waals surface area contributed by atoms with E-state index < -0.39 is 35.3 Å². The molecule has 11 nitrogen and oxygen atoms in total. The second kappa shape index (κ2) is 9.09. The average molecular weight is 522 g/mol. The first-order valence-corrected chi connectivity index (χ1v) is 11.3. The zero-order valence-electron chi connectivity index (χ0n) is 20.5. The van der Waals surface area contributed by atoms with Gasteiger partial charge in [0.2, 0.25) is 5.88 Å². The van der Waals surface area contributed by atoms with E-state index in [4.69, 9.17) is 10.5 Å². The van der Waals surface area contributed by atoms with Gasteiger partial charge >= 0.3 is 12.3 Å². The Morgan fingerprint density at radius 3 is 2.49 bits per heavy atom. The van der Waals surface area contributed by atoms with E-state index in [1.807, 2.05) is 20.8 Å². The van der Waals surface area contributed by atoms with Gasteiger partial charge in [-0.3, -0.25) is 4.79 Å². The molecule has 0 radical (unpaired) electrons. The maximum Gasteiger partial charge on any atom is 0.418 e. The Morgan fingerprint density at radius 2 is 1.92 bits per heavy atom. The number of halogens is 3. The summed E-state index contributed by atoms with van der Waals surface area (Å²) in [5, 5.41) is 16.3. The molecule has 0 saturated carbocycles. The van der Waals surface area contributed by atoms with Crippen molar-refractivity contribution >= 4 is 23.3 Å². The highest BCUT2D eigenvalue weighted by Gasteiger charge is 2.42. The van der Waals surface area contributed by atoms with Crippen molar-refractivity contribution in [3.63, 3.8) is 0 Å². The highest BCUT2D eigenvalue weighted by atomic mass is 19.4. The van der Waals surface area contributed by atoms with Gasteiger partial charge in [-0.25, -0.2) is 19.3 Å². The lowest BCUT2D eigenvalue weighted by atomic mass is 9.85. The van der Waals surface area contributed by atoms with Crippen LogP contribution in [0.25, 0.3) is 16.8 Å². The Labute approximate surface area is 209 Å². The predicted molar refractivity (Wildman–Crippen MR) is 126 cm³/mol. The number of carbonyl (C=O) groups is 2. The van der Waals surface area contributed by atoms with Crippen molar-refractivity contribution in [2.75, 3.05) is 19.4 Å². The van der Waals surface area contributed by atoms with E-state index in [9.17, 15) is 27.9 Å². The minimum Gasteiger partial charge on any atom is -0.480 e. The summed E-state index contributed by atoms with van der Waals surface area (Å²) in [6.45, 7) is 5.84. The zero-order valence-corrected chi connectivity index (χ0v) is 20.5. The first kappa shape index (κ1) is 26.0. The SMILES string of the molecule is COc1ncc(-c2cc(C(F)(F)F)c3c(N)ncnn23)cc1C(=O)NC1CC(C(C)(C)C)N(C(=O)O)C1. The summed E-state index contributed by atoms with van der Waals surface area (Å²) < 4.78 is 47.3. The molecule has 1 aliphatic rings. The van der Waals surface area contributed by atoms with Gasteiger partial charge in [-0.15, -0.1) is 0 Å². The first-order chi connectivity index (χ1) is 17.2. The van der Waals surface area contributed by atoms with Crippen molar-refractivity contribution in [2.24, 2.45) is 5.41 Å². The molecule has 37 heavy (non-hydrogen) atoms. The van der Waals surface area contributed by atoms with Crippen LogP contribution in [0.4, 0.5) is 23.8 Å². The van der Waals surface area contributed by atoms with E-state index in [0.717, 1.165) is 16.9 Å². The standard InChI is InChI=1S/C23H26F3N7O4/c1-22(2,3)16-6-12(9-32(16)21(35)36)31-19(34)13-5-11(8-28-20(13)37-4)15-7-14(23(24,25)26)17-18(27)29-10-30-33(15)17/h5,7-8,10,12,16H,6,9H2,1-4H3,(H,31,34)(H,35,36)(H2,27,29,30). The minimum atomic E-state index is -4.73. The first-order valence-electron chi connectivity index (χ1n) is 11.3. The number of amides is 2. The lowest BCUT2D eigenvalue weighted by molar-refractivity contribution is -0.136. The van der Waals surface area contributed by atoms with Crippen LogP contribution in [0, 0.1) is 5.41 Å². The quantitative estimate of drug-likeness (QED) is 0.474. The fourth-order valence-electron chi connectivity index (χ4n) is 4.64. The predicted octanol–water partition coefficient (Wildman–Crippen LogP) is 3.30. The van der Waals surface area contributed by atoms with Gasteiger partial charge in [0.05, 0.1) is 18.4 Å². The maximum atomic E-state index is 13.7. The minimum absolute atomic E-state index is 0.00802.